The average Bonchev–Trinajstić information content (AvgIpc) is 2.90. The molecule has 0 spiro atoms. The number of hydrogen-bond acceptors (Lipinski definition) is 10. The Morgan fingerprint density at radius 1 is 0.953 bits per heavy atom. The number of nitrogens with zero attached hydrogens (tertiary/aromatic N) is 2. The van der Waals surface area contributed by atoms with Crippen LogP contribution < -0.4 is 20.1 Å². The van der Waals surface area contributed by atoms with Gasteiger partial charge in [-0.05, 0) is 81.6 Å². The lowest BCUT2D eigenvalue weighted by atomic mass is 9.97. The van der Waals surface area contributed by atoms with E-state index in [1.807, 2.05) is 0 Å². The van der Waals surface area contributed by atoms with Crippen LogP contribution in [0.15, 0.2) is 34.8 Å². The van der Waals surface area contributed by atoms with Gasteiger partial charge in [-0.3, -0.25) is 25.0 Å². The summed E-state index contributed by atoms with van der Waals surface area (Å²) in [7, 11) is 3.00. The first kappa shape index (κ1) is 35.2. The number of carbonyl (C=O) groups excluding carboxylic acids is 2. The summed E-state index contributed by atoms with van der Waals surface area (Å²) in [5, 5.41) is 27.9. The number of alkyl carbamates (subject to hydrolysis) is 1. The van der Waals surface area contributed by atoms with Crippen molar-refractivity contribution < 1.29 is 38.4 Å². The van der Waals surface area contributed by atoms with Crippen LogP contribution in [0.1, 0.15) is 52.7 Å². The zero-order valence-electron chi connectivity index (χ0n) is 25.3. The van der Waals surface area contributed by atoms with Crippen molar-refractivity contribution in [2.24, 2.45) is 0 Å². The third kappa shape index (κ3) is 10.1. The number of carbonyl (C=O) groups is 2. The largest absolute Gasteiger partial charge is 0.497 e. The molecule has 0 bridgehead atoms. The number of hydrogen-bond donors (Lipinski definition) is 2. The van der Waals surface area contributed by atoms with E-state index in [-0.39, 0.29) is 23.0 Å². The summed E-state index contributed by atoms with van der Waals surface area (Å²) in [6.45, 7) is 10.3. The van der Waals surface area contributed by atoms with E-state index in [9.17, 15) is 29.8 Å². The van der Waals surface area contributed by atoms with Crippen molar-refractivity contribution in [3.63, 3.8) is 0 Å². The minimum atomic E-state index is -1.20. The van der Waals surface area contributed by atoms with Crippen molar-refractivity contribution in [1.29, 1.82) is 0 Å². The second-order valence-electron chi connectivity index (χ2n) is 11.1. The highest BCUT2D eigenvalue weighted by atomic mass is 79.9. The molecule has 0 aromatic heterocycles. The van der Waals surface area contributed by atoms with Gasteiger partial charge in [0, 0.05) is 24.2 Å². The quantitative estimate of drug-likeness (QED) is 0.213. The number of benzene rings is 2. The van der Waals surface area contributed by atoms with Crippen molar-refractivity contribution in [3.8, 4) is 11.5 Å². The first-order chi connectivity index (χ1) is 19.9. The number of rotatable bonds is 13. The smallest absolute Gasteiger partial charge is 0.408 e. The highest BCUT2D eigenvalue weighted by Crippen LogP contribution is 2.34. The molecule has 0 heterocycles. The topological polar surface area (TPSA) is 181 Å². The van der Waals surface area contributed by atoms with E-state index < -0.39 is 56.6 Å². The fraction of sp³-hybridized carbons (Fsp3) is 0.500. The molecule has 14 nitrogen and oxygen atoms in total. The Morgan fingerprint density at radius 2 is 1.53 bits per heavy atom. The third-order valence-corrected chi connectivity index (χ3v) is 7.09. The van der Waals surface area contributed by atoms with Crippen LogP contribution in [0.5, 0.6) is 11.5 Å². The molecule has 2 N–H and O–H groups in total. The molecule has 0 aliphatic carbocycles. The summed E-state index contributed by atoms with van der Waals surface area (Å²) in [6, 6.07) is 5.91. The second kappa shape index (κ2) is 14.5. The van der Waals surface area contributed by atoms with E-state index >= 15 is 0 Å². The molecular formula is C28H37BrN4O10. The molecule has 43 heavy (non-hydrogen) atoms. The zero-order chi connectivity index (χ0) is 32.7. The zero-order valence-corrected chi connectivity index (χ0v) is 26.9. The number of ether oxygens (including phenoxy) is 4. The molecule has 2 aromatic rings. The molecule has 0 fully saturated rings. The van der Waals surface area contributed by atoms with Crippen molar-refractivity contribution in [1.82, 2.24) is 10.6 Å². The third-order valence-electron chi connectivity index (χ3n) is 6.17. The fourth-order valence-electron chi connectivity index (χ4n) is 4.13. The molecule has 0 aliphatic heterocycles. The predicted molar refractivity (Wildman–Crippen MR) is 160 cm³/mol. The molecule has 236 valence electrons. The van der Waals surface area contributed by atoms with Gasteiger partial charge >= 0.3 is 6.09 Å². The maximum absolute atomic E-state index is 13.3. The van der Waals surface area contributed by atoms with Crippen LogP contribution in [0.4, 0.5) is 16.2 Å². The standard InChI is InChI=1S/C28H37BrN4O10/c1-16(42-27(2,3)4)24(31-26(35)43-28(5,6)18-12-20(40-7)15-21(13-18)41-8)25(34)30-10-9-17-11-19(32(36)37)14-22(23(17)29)33(38)39/h11-16,24H,9-10H2,1-8H3,(H,30,34)(H,31,35)/t16-,24+/m1/s1. The molecule has 2 amide bonds. The molecule has 0 saturated carbocycles. The van der Waals surface area contributed by atoms with Gasteiger partial charge in [0.15, 0.2) is 0 Å². The van der Waals surface area contributed by atoms with E-state index in [1.165, 1.54) is 20.3 Å². The number of nitrogens with one attached hydrogen (secondary N) is 2. The van der Waals surface area contributed by atoms with Gasteiger partial charge in [0.2, 0.25) is 5.91 Å². The average molecular weight is 670 g/mol. The van der Waals surface area contributed by atoms with E-state index in [4.69, 9.17) is 18.9 Å². The first-order valence-electron chi connectivity index (χ1n) is 13.2. The Bertz CT molecular complexity index is 1340. The van der Waals surface area contributed by atoms with Gasteiger partial charge in [-0.2, -0.15) is 0 Å². The van der Waals surface area contributed by atoms with Gasteiger partial charge in [-0.1, -0.05) is 0 Å². The summed E-state index contributed by atoms with van der Waals surface area (Å²) in [6.07, 6.45) is -1.68. The molecule has 0 radical (unpaired) electrons. The van der Waals surface area contributed by atoms with Crippen LogP contribution in [-0.2, 0) is 26.3 Å². The monoisotopic (exact) mass is 668 g/mol. The lowest BCUT2D eigenvalue weighted by molar-refractivity contribution is -0.394. The summed E-state index contributed by atoms with van der Waals surface area (Å²) >= 11 is 3.13. The maximum Gasteiger partial charge on any atom is 0.408 e. The van der Waals surface area contributed by atoms with Gasteiger partial charge in [0.1, 0.15) is 23.1 Å². The SMILES string of the molecule is COc1cc(OC)cc(C(C)(C)OC(=O)N[C@H](C(=O)NCCc2cc([N+](=O)[O-])cc([N+](=O)[O-])c2Br)[C@@H](C)OC(C)(C)C)c1. The minimum Gasteiger partial charge on any atom is -0.497 e. The van der Waals surface area contributed by atoms with E-state index in [2.05, 4.69) is 26.6 Å². The van der Waals surface area contributed by atoms with Crippen LogP contribution in [0.3, 0.4) is 0 Å². The number of methoxy groups -OCH3 is 2. The van der Waals surface area contributed by atoms with Crippen molar-refractivity contribution in [2.75, 3.05) is 20.8 Å². The van der Waals surface area contributed by atoms with Crippen molar-refractivity contribution in [2.45, 2.75) is 71.3 Å². The van der Waals surface area contributed by atoms with Crippen LogP contribution in [-0.4, -0.2) is 60.4 Å². The number of nitro groups is 2. The summed E-state index contributed by atoms with van der Waals surface area (Å²) < 4.78 is 22.3. The predicted octanol–water partition coefficient (Wildman–Crippen LogP) is 5.18. The van der Waals surface area contributed by atoms with Gasteiger partial charge in [-0.15, -0.1) is 0 Å². The molecule has 2 aromatic carbocycles. The Hall–Kier alpha value is -3.98. The van der Waals surface area contributed by atoms with Crippen LogP contribution in [0, 0.1) is 20.2 Å². The van der Waals surface area contributed by atoms with E-state index in [1.54, 1.807) is 59.7 Å². The lowest BCUT2D eigenvalue weighted by Crippen LogP contribution is -2.55. The molecule has 2 rings (SSSR count). The van der Waals surface area contributed by atoms with Gasteiger partial charge < -0.3 is 29.6 Å². The van der Waals surface area contributed by atoms with Crippen molar-refractivity contribution >= 4 is 39.3 Å². The summed E-state index contributed by atoms with van der Waals surface area (Å²) in [5.74, 6) is 0.374. The van der Waals surface area contributed by atoms with Crippen molar-refractivity contribution in [3.05, 3.63) is 66.2 Å². The normalized spacial score (nSPS) is 13.0. The van der Waals surface area contributed by atoms with E-state index in [0.717, 1.165) is 6.07 Å². The molecule has 0 aliphatic rings. The number of nitro benzene ring substituents is 2. The Kier molecular flexibility index (Phi) is 11.8. The molecule has 2 atom stereocenters. The second-order valence-corrected chi connectivity index (χ2v) is 11.8. The lowest BCUT2D eigenvalue weighted by Gasteiger charge is -2.32. The Morgan fingerprint density at radius 3 is 2.02 bits per heavy atom. The Labute approximate surface area is 257 Å². The van der Waals surface area contributed by atoms with Crippen LogP contribution >= 0.6 is 15.9 Å². The van der Waals surface area contributed by atoms with Crippen LogP contribution in [0.25, 0.3) is 0 Å². The number of halogens is 1. The first-order valence-corrected chi connectivity index (χ1v) is 14.0. The molecule has 0 saturated heterocycles. The summed E-state index contributed by atoms with van der Waals surface area (Å²) in [4.78, 5) is 47.6. The van der Waals surface area contributed by atoms with Gasteiger partial charge in [-0.25, -0.2) is 4.79 Å². The van der Waals surface area contributed by atoms with Crippen LogP contribution in [0.2, 0.25) is 0 Å². The highest BCUT2D eigenvalue weighted by molar-refractivity contribution is 9.10. The van der Waals surface area contributed by atoms with E-state index in [0.29, 0.717) is 17.1 Å². The number of non-ortho nitro benzene ring substituents is 1. The van der Waals surface area contributed by atoms with Gasteiger partial charge in [0.25, 0.3) is 11.4 Å². The molecular weight excluding hydrogens is 632 g/mol. The summed E-state index contributed by atoms with van der Waals surface area (Å²) in [5.41, 5.74) is -1.92. The van der Waals surface area contributed by atoms with Gasteiger partial charge in [0.05, 0.1) is 46.3 Å². The number of amides is 2. The maximum atomic E-state index is 13.3. The fourth-order valence-corrected chi connectivity index (χ4v) is 4.70. The Balaban J connectivity index is 2.24. The molecule has 0 unspecified atom stereocenters. The minimum absolute atomic E-state index is 0.0191. The molecule has 15 heteroatoms. The highest BCUT2D eigenvalue weighted by Gasteiger charge is 2.34.